The Morgan fingerprint density at radius 3 is 2.88 bits per heavy atom. The Bertz CT molecular complexity index is 479. The van der Waals surface area contributed by atoms with Gasteiger partial charge in [0, 0.05) is 17.6 Å². The number of nitrogens with one attached hydrogen (secondary N) is 1. The van der Waals surface area contributed by atoms with Crippen molar-refractivity contribution in [2.45, 2.75) is 39.8 Å². The summed E-state index contributed by atoms with van der Waals surface area (Å²) in [7, 11) is 0. The van der Waals surface area contributed by atoms with E-state index in [1.807, 2.05) is 13.1 Å². The third-order valence-electron chi connectivity index (χ3n) is 2.61. The minimum Gasteiger partial charge on any atom is -0.302 e. The first-order valence-electron chi connectivity index (χ1n) is 5.66. The highest BCUT2D eigenvalue weighted by Gasteiger charge is 2.11. The molecule has 0 spiro atoms. The first kappa shape index (κ1) is 12.2. The van der Waals surface area contributed by atoms with Gasteiger partial charge in [0.05, 0.1) is 6.04 Å². The lowest BCUT2D eigenvalue weighted by atomic mass is 10.3. The van der Waals surface area contributed by atoms with Crippen molar-refractivity contribution in [1.82, 2.24) is 20.6 Å². The molecule has 0 saturated carbocycles. The van der Waals surface area contributed by atoms with Gasteiger partial charge in [-0.3, -0.25) is 0 Å². The van der Waals surface area contributed by atoms with Gasteiger partial charge < -0.3 is 5.32 Å². The lowest BCUT2D eigenvalue weighted by Gasteiger charge is -2.09. The van der Waals surface area contributed by atoms with E-state index in [0.29, 0.717) is 6.54 Å². The molecule has 0 amide bonds. The second-order valence-corrected chi connectivity index (χ2v) is 5.06. The average Bonchev–Trinajstić information content (AvgIpc) is 2.94. The third kappa shape index (κ3) is 2.89. The number of rotatable bonds is 5. The molecular weight excluding hydrogens is 236 g/mol. The van der Waals surface area contributed by atoms with Gasteiger partial charge in [0.15, 0.2) is 0 Å². The molecule has 0 aromatic carbocycles. The monoisotopic (exact) mass is 252 g/mol. The number of hydrogen-bond donors (Lipinski definition) is 1. The van der Waals surface area contributed by atoms with Crippen LogP contribution in [0, 0.1) is 6.92 Å². The van der Waals surface area contributed by atoms with Crippen molar-refractivity contribution >= 4 is 11.3 Å². The zero-order chi connectivity index (χ0) is 12.3. The lowest BCUT2D eigenvalue weighted by Crippen LogP contribution is -2.18. The number of aromatic nitrogens is 3. The molecule has 5 nitrogen and oxygen atoms in total. The second-order valence-electron chi connectivity index (χ2n) is 3.92. The van der Waals surface area contributed by atoms with Gasteiger partial charge in [-0.05, 0) is 20.3 Å². The molecule has 2 aromatic rings. The Labute approximate surface area is 104 Å². The fraction of sp³-hybridized carbons (Fsp3) is 0.545. The summed E-state index contributed by atoms with van der Waals surface area (Å²) in [5, 5.41) is 12.1. The van der Waals surface area contributed by atoms with E-state index in [0.717, 1.165) is 22.8 Å². The molecule has 17 heavy (non-hydrogen) atoms. The zero-order valence-electron chi connectivity index (χ0n) is 10.2. The normalized spacial score (nSPS) is 12.9. The fourth-order valence-electron chi connectivity index (χ4n) is 1.43. The summed E-state index contributed by atoms with van der Waals surface area (Å²) in [6, 6.07) is 0.219. The summed E-state index contributed by atoms with van der Waals surface area (Å²) in [6.07, 6.45) is 2.98. The molecule has 2 aromatic heterocycles. The van der Waals surface area contributed by atoms with Crippen LogP contribution in [0.5, 0.6) is 0 Å². The van der Waals surface area contributed by atoms with Gasteiger partial charge in [0.25, 0.3) is 0 Å². The summed E-state index contributed by atoms with van der Waals surface area (Å²) in [5.41, 5.74) is 1.68. The van der Waals surface area contributed by atoms with Gasteiger partial charge in [-0.1, -0.05) is 17.2 Å². The maximum atomic E-state index is 4.65. The fourth-order valence-corrected chi connectivity index (χ4v) is 2.32. The Kier molecular flexibility index (Phi) is 3.86. The summed E-state index contributed by atoms with van der Waals surface area (Å²) >= 11 is 1.75. The average molecular weight is 252 g/mol. The Morgan fingerprint density at radius 1 is 1.47 bits per heavy atom. The Balaban J connectivity index is 1.93. The molecule has 1 N–H and O–H groups in total. The molecule has 0 aliphatic carbocycles. The van der Waals surface area contributed by atoms with Crippen LogP contribution in [0.15, 0.2) is 10.8 Å². The van der Waals surface area contributed by atoms with Gasteiger partial charge in [-0.2, -0.15) is 0 Å². The summed E-state index contributed by atoms with van der Waals surface area (Å²) < 4.78 is 4.65. The summed E-state index contributed by atoms with van der Waals surface area (Å²) in [4.78, 5) is 5.72. The largest absolute Gasteiger partial charge is 0.302 e. The molecule has 0 aliphatic rings. The van der Waals surface area contributed by atoms with E-state index < -0.39 is 0 Å². The minimum absolute atomic E-state index is 0.219. The van der Waals surface area contributed by atoms with Crippen LogP contribution in [0.4, 0.5) is 0 Å². The summed E-state index contributed by atoms with van der Waals surface area (Å²) in [5.74, 6) is 0. The molecule has 0 radical (unpaired) electrons. The van der Waals surface area contributed by atoms with Crippen LogP contribution in [-0.2, 0) is 13.0 Å². The van der Waals surface area contributed by atoms with Crippen LogP contribution < -0.4 is 5.32 Å². The Hall–Kier alpha value is -1.27. The van der Waals surface area contributed by atoms with Crippen LogP contribution in [0.25, 0.3) is 0 Å². The maximum Gasteiger partial charge on any atom is 0.121 e. The van der Waals surface area contributed by atoms with E-state index in [-0.39, 0.29) is 6.04 Å². The molecule has 0 saturated heterocycles. The van der Waals surface area contributed by atoms with Crippen LogP contribution in [0.1, 0.15) is 41.2 Å². The lowest BCUT2D eigenvalue weighted by molar-refractivity contribution is 0.300. The smallest absolute Gasteiger partial charge is 0.121 e. The van der Waals surface area contributed by atoms with Gasteiger partial charge in [0.1, 0.15) is 16.4 Å². The number of aryl methyl sites for hydroxylation is 2. The van der Waals surface area contributed by atoms with Crippen molar-refractivity contribution in [2.75, 3.05) is 0 Å². The topological polar surface area (TPSA) is 63.8 Å². The zero-order valence-corrected chi connectivity index (χ0v) is 11.0. The summed E-state index contributed by atoms with van der Waals surface area (Å²) in [6.45, 7) is 6.77. The molecular formula is C11H16N4OS. The van der Waals surface area contributed by atoms with Gasteiger partial charge in [0.2, 0.25) is 0 Å². The van der Waals surface area contributed by atoms with Crippen LogP contribution in [0.2, 0.25) is 0 Å². The highest BCUT2D eigenvalue weighted by Crippen LogP contribution is 2.20. The van der Waals surface area contributed by atoms with Crippen molar-refractivity contribution in [3.63, 3.8) is 0 Å². The first-order chi connectivity index (χ1) is 8.20. The second kappa shape index (κ2) is 5.37. The maximum absolute atomic E-state index is 4.65. The third-order valence-corrected chi connectivity index (χ3v) is 3.94. The number of nitrogens with zero attached hydrogens (tertiary/aromatic N) is 3. The molecule has 2 rings (SSSR count). The van der Waals surface area contributed by atoms with Crippen LogP contribution in [-0.4, -0.2) is 15.3 Å². The standard InChI is InChI=1S/C11H16N4OS/c1-4-9-5-13-11(17-9)8(3)12-6-10-7(2)14-16-15-10/h5,8,12H,4,6H2,1-3H3. The molecule has 6 heteroatoms. The van der Waals surface area contributed by atoms with E-state index >= 15 is 0 Å². The first-order valence-corrected chi connectivity index (χ1v) is 6.48. The molecule has 1 atom stereocenters. The van der Waals surface area contributed by atoms with Crippen molar-refractivity contribution in [3.05, 3.63) is 27.5 Å². The quantitative estimate of drug-likeness (QED) is 0.884. The van der Waals surface area contributed by atoms with Crippen molar-refractivity contribution in [1.29, 1.82) is 0 Å². The number of thiazole rings is 1. The highest BCUT2D eigenvalue weighted by atomic mass is 32.1. The molecule has 2 heterocycles. The van der Waals surface area contributed by atoms with E-state index in [9.17, 15) is 0 Å². The van der Waals surface area contributed by atoms with Crippen LogP contribution >= 0.6 is 11.3 Å². The molecule has 92 valence electrons. The van der Waals surface area contributed by atoms with Crippen molar-refractivity contribution in [2.24, 2.45) is 0 Å². The molecule has 0 bridgehead atoms. The van der Waals surface area contributed by atoms with Crippen molar-refractivity contribution in [3.8, 4) is 0 Å². The van der Waals surface area contributed by atoms with E-state index in [4.69, 9.17) is 0 Å². The predicted octanol–water partition coefficient (Wildman–Crippen LogP) is 2.25. The van der Waals surface area contributed by atoms with Gasteiger partial charge in [-0.25, -0.2) is 9.61 Å². The molecule has 1 unspecified atom stereocenters. The molecule has 0 fully saturated rings. The predicted molar refractivity (Wildman–Crippen MR) is 65.8 cm³/mol. The SMILES string of the molecule is CCc1cnc(C(C)NCc2nonc2C)s1. The minimum atomic E-state index is 0.219. The van der Waals surface area contributed by atoms with Crippen LogP contribution in [0.3, 0.4) is 0 Å². The van der Waals surface area contributed by atoms with Gasteiger partial charge in [-0.15, -0.1) is 11.3 Å². The van der Waals surface area contributed by atoms with E-state index in [2.05, 4.69) is 39.1 Å². The number of hydrogen-bond acceptors (Lipinski definition) is 6. The Morgan fingerprint density at radius 2 is 2.29 bits per heavy atom. The van der Waals surface area contributed by atoms with Gasteiger partial charge >= 0.3 is 0 Å². The van der Waals surface area contributed by atoms with E-state index in [1.165, 1.54) is 4.88 Å². The van der Waals surface area contributed by atoms with Crippen molar-refractivity contribution < 1.29 is 4.63 Å². The van der Waals surface area contributed by atoms with E-state index in [1.54, 1.807) is 11.3 Å². The highest BCUT2D eigenvalue weighted by molar-refractivity contribution is 7.11. The molecule has 0 aliphatic heterocycles.